The molecule has 0 aliphatic heterocycles. The summed E-state index contributed by atoms with van der Waals surface area (Å²) in [4.78, 5) is 11.6. The van der Waals surface area contributed by atoms with E-state index >= 15 is 0 Å². The van der Waals surface area contributed by atoms with Crippen molar-refractivity contribution in [3.8, 4) is 0 Å². The second-order valence-electron chi connectivity index (χ2n) is 3.83. The molecule has 2 heterocycles. The van der Waals surface area contributed by atoms with Crippen LogP contribution in [0.25, 0.3) is 0 Å². The minimum atomic E-state index is -0.0370. The van der Waals surface area contributed by atoms with Gasteiger partial charge >= 0.3 is 0 Å². The summed E-state index contributed by atoms with van der Waals surface area (Å²) in [5.41, 5.74) is 1.64. The van der Waals surface area contributed by atoms with Crippen LogP contribution in [0.15, 0.2) is 29.2 Å². The topological polar surface area (TPSA) is 39.8 Å². The molecule has 2 aromatic heterocycles. The van der Waals surface area contributed by atoms with Gasteiger partial charge in [0.2, 0.25) is 0 Å². The van der Waals surface area contributed by atoms with Crippen molar-refractivity contribution in [2.45, 2.75) is 26.9 Å². The average molecular weight is 252 g/mol. The lowest BCUT2D eigenvalue weighted by molar-refractivity contribution is 0.592. The van der Waals surface area contributed by atoms with Crippen LogP contribution in [-0.2, 0) is 13.1 Å². The van der Waals surface area contributed by atoms with E-state index in [-0.39, 0.29) is 5.56 Å². The summed E-state index contributed by atoms with van der Waals surface area (Å²) >= 11 is 6.20. The predicted octanol–water partition coefficient (Wildman–Crippen LogP) is 2.07. The van der Waals surface area contributed by atoms with Gasteiger partial charge in [-0.25, -0.2) is 0 Å². The van der Waals surface area contributed by atoms with Crippen molar-refractivity contribution in [2.75, 3.05) is 0 Å². The first-order valence-electron chi connectivity index (χ1n) is 5.50. The van der Waals surface area contributed by atoms with Gasteiger partial charge in [0.15, 0.2) is 0 Å². The van der Waals surface area contributed by atoms with Crippen LogP contribution in [-0.4, -0.2) is 14.3 Å². The molecule has 0 fully saturated rings. The molecule has 0 spiro atoms. The zero-order chi connectivity index (χ0) is 12.4. The Bertz CT molecular complexity index is 586. The van der Waals surface area contributed by atoms with E-state index in [0.29, 0.717) is 11.6 Å². The van der Waals surface area contributed by atoms with Gasteiger partial charge in [-0.2, -0.15) is 5.10 Å². The van der Waals surface area contributed by atoms with Crippen molar-refractivity contribution >= 4 is 11.6 Å². The Hall–Kier alpha value is -1.55. The third kappa shape index (κ3) is 2.26. The van der Waals surface area contributed by atoms with Gasteiger partial charge < -0.3 is 4.57 Å². The number of halogens is 1. The largest absolute Gasteiger partial charge is 0.309 e. The molecule has 0 radical (unpaired) electrons. The molecule has 0 amide bonds. The van der Waals surface area contributed by atoms with Crippen molar-refractivity contribution in [3.05, 3.63) is 51.2 Å². The van der Waals surface area contributed by atoms with E-state index in [1.165, 1.54) is 6.07 Å². The average Bonchev–Trinajstić information content (AvgIpc) is 2.59. The lowest BCUT2D eigenvalue weighted by Gasteiger charge is -2.07. The molecule has 2 aromatic rings. The highest BCUT2D eigenvalue weighted by Crippen LogP contribution is 2.20. The van der Waals surface area contributed by atoms with Crippen LogP contribution in [0.1, 0.15) is 18.3 Å². The van der Waals surface area contributed by atoms with Gasteiger partial charge in [0.25, 0.3) is 5.56 Å². The minimum Gasteiger partial charge on any atom is -0.309 e. The third-order valence-electron chi connectivity index (χ3n) is 2.67. The van der Waals surface area contributed by atoms with E-state index in [9.17, 15) is 4.79 Å². The van der Waals surface area contributed by atoms with Crippen molar-refractivity contribution < 1.29 is 0 Å². The molecule has 5 heteroatoms. The van der Waals surface area contributed by atoms with E-state index in [0.717, 1.165) is 17.9 Å². The fourth-order valence-corrected chi connectivity index (χ4v) is 1.97. The van der Waals surface area contributed by atoms with E-state index in [4.69, 9.17) is 11.6 Å². The molecular weight excluding hydrogens is 238 g/mol. The molecule has 0 aliphatic rings. The second-order valence-corrected chi connectivity index (χ2v) is 4.21. The normalized spacial score (nSPS) is 10.8. The predicted molar refractivity (Wildman–Crippen MR) is 67.5 cm³/mol. The van der Waals surface area contributed by atoms with Crippen LogP contribution >= 0.6 is 11.6 Å². The SMILES string of the molecule is CCn1nc(C)c(Cl)c1Cn1ccccc1=O. The van der Waals surface area contributed by atoms with Crippen molar-refractivity contribution in [2.24, 2.45) is 0 Å². The number of nitrogens with zero attached hydrogens (tertiary/aromatic N) is 3. The van der Waals surface area contributed by atoms with Crippen molar-refractivity contribution in [1.29, 1.82) is 0 Å². The van der Waals surface area contributed by atoms with Gasteiger partial charge in [-0.05, 0) is 19.9 Å². The molecule has 0 saturated carbocycles. The fourth-order valence-electron chi connectivity index (χ4n) is 1.77. The van der Waals surface area contributed by atoms with E-state index < -0.39 is 0 Å². The lowest BCUT2D eigenvalue weighted by atomic mass is 10.3. The Labute approximate surface area is 104 Å². The summed E-state index contributed by atoms with van der Waals surface area (Å²) in [6, 6.07) is 5.09. The maximum atomic E-state index is 11.6. The summed E-state index contributed by atoms with van der Waals surface area (Å²) in [7, 11) is 0. The van der Waals surface area contributed by atoms with Crippen molar-refractivity contribution in [1.82, 2.24) is 14.3 Å². The molecule has 0 atom stereocenters. The van der Waals surface area contributed by atoms with Gasteiger partial charge in [-0.15, -0.1) is 0 Å². The maximum absolute atomic E-state index is 11.6. The van der Waals surface area contributed by atoms with Crippen molar-refractivity contribution in [3.63, 3.8) is 0 Å². The molecule has 17 heavy (non-hydrogen) atoms. The highest BCUT2D eigenvalue weighted by molar-refractivity contribution is 6.31. The second kappa shape index (κ2) is 4.75. The summed E-state index contributed by atoms with van der Waals surface area (Å²) in [5, 5.41) is 4.97. The van der Waals surface area contributed by atoms with E-state index in [2.05, 4.69) is 5.10 Å². The molecule has 0 aliphatic carbocycles. The van der Waals surface area contributed by atoms with Crippen LogP contribution in [0.5, 0.6) is 0 Å². The zero-order valence-corrected chi connectivity index (χ0v) is 10.6. The zero-order valence-electron chi connectivity index (χ0n) is 9.85. The molecular formula is C12H14ClN3O. The molecule has 4 nitrogen and oxygen atoms in total. The smallest absolute Gasteiger partial charge is 0.250 e. The summed E-state index contributed by atoms with van der Waals surface area (Å²) in [6.45, 7) is 5.06. The maximum Gasteiger partial charge on any atom is 0.250 e. The fraction of sp³-hybridized carbons (Fsp3) is 0.333. The highest BCUT2D eigenvalue weighted by Gasteiger charge is 2.12. The minimum absolute atomic E-state index is 0.0370. The molecule has 2 rings (SSSR count). The van der Waals surface area contributed by atoms with Gasteiger partial charge in [0.1, 0.15) is 0 Å². The van der Waals surface area contributed by atoms with Gasteiger partial charge in [-0.3, -0.25) is 9.48 Å². The number of aromatic nitrogens is 3. The standard InChI is InChI=1S/C12H14ClN3O/c1-3-16-10(12(13)9(2)14-16)8-15-7-5-4-6-11(15)17/h4-7H,3,8H2,1-2H3. The van der Waals surface area contributed by atoms with Crippen LogP contribution in [0.4, 0.5) is 0 Å². The van der Waals surface area contributed by atoms with Gasteiger partial charge in [0.05, 0.1) is 23.0 Å². The molecule has 0 unspecified atom stereocenters. The van der Waals surface area contributed by atoms with E-state index in [1.807, 2.05) is 24.6 Å². The molecule has 0 aromatic carbocycles. The quantitative estimate of drug-likeness (QED) is 0.838. The number of rotatable bonds is 3. The monoisotopic (exact) mass is 251 g/mol. The first-order valence-corrected chi connectivity index (χ1v) is 5.88. The Morgan fingerprint density at radius 1 is 1.41 bits per heavy atom. The number of hydrogen-bond acceptors (Lipinski definition) is 2. The molecule has 0 N–H and O–H groups in total. The molecule has 0 saturated heterocycles. The van der Waals surface area contributed by atoms with Crippen LogP contribution in [0, 0.1) is 6.92 Å². The summed E-state index contributed by atoms with van der Waals surface area (Å²) in [6.07, 6.45) is 1.75. The van der Waals surface area contributed by atoms with Crippen LogP contribution in [0.3, 0.4) is 0 Å². The van der Waals surface area contributed by atoms with Crippen LogP contribution < -0.4 is 5.56 Å². The first-order chi connectivity index (χ1) is 8.13. The van der Waals surface area contributed by atoms with Gasteiger partial charge in [0, 0.05) is 18.8 Å². The molecule has 90 valence electrons. The Balaban J connectivity index is 2.43. The number of aryl methyl sites for hydroxylation is 2. The third-order valence-corrected chi connectivity index (χ3v) is 3.16. The summed E-state index contributed by atoms with van der Waals surface area (Å²) < 4.78 is 3.45. The van der Waals surface area contributed by atoms with Gasteiger partial charge in [-0.1, -0.05) is 17.7 Å². The Morgan fingerprint density at radius 3 is 2.82 bits per heavy atom. The lowest BCUT2D eigenvalue weighted by Crippen LogP contribution is -2.20. The number of hydrogen-bond donors (Lipinski definition) is 0. The Morgan fingerprint density at radius 2 is 2.18 bits per heavy atom. The van der Waals surface area contributed by atoms with E-state index in [1.54, 1.807) is 16.8 Å². The summed E-state index contributed by atoms with van der Waals surface area (Å²) in [5.74, 6) is 0. The first kappa shape index (κ1) is 11.9. The van der Waals surface area contributed by atoms with Crippen LogP contribution in [0.2, 0.25) is 5.02 Å². The Kier molecular flexibility index (Phi) is 3.33. The number of pyridine rings is 1. The molecule has 0 bridgehead atoms. The highest BCUT2D eigenvalue weighted by atomic mass is 35.5.